The van der Waals surface area contributed by atoms with Gasteiger partial charge in [-0.1, -0.05) is 12.8 Å². The van der Waals surface area contributed by atoms with E-state index >= 15 is 0 Å². The van der Waals surface area contributed by atoms with E-state index < -0.39 is 0 Å². The van der Waals surface area contributed by atoms with Gasteiger partial charge in [0.2, 0.25) is 0 Å². The molecule has 1 saturated carbocycles. The van der Waals surface area contributed by atoms with Crippen molar-refractivity contribution >= 4 is 5.91 Å². The number of hydrogen-bond donors (Lipinski definition) is 2. The molecule has 1 aromatic rings. The maximum atomic E-state index is 13.0. The first-order valence-electron chi connectivity index (χ1n) is 8.41. The van der Waals surface area contributed by atoms with E-state index in [1.807, 2.05) is 4.90 Å². The highest BCUT2D eigenvalue weighted by atomic mass is 16.3. The smallest absolute Gasteiger partial charge is 0.270 e. The number of nitrogens with one attached hydrogen (secondary N) is 1. The number of aliphatic hydroxyl groups excluding tert-OH is 1. The molecule has 0 radical (unpaired) electrons. The summed E-state index contributed by atoms with van der Waals surface area (Å²) in [6.45, 7) is 0.698. The van der Waals surface area contributed by atoms with Gasteiger partial charge in [-0.25, -0.2) is 0 Å². The number of hydrogen-bond acceptors (Lipinski definition) is 2. The minimum absolute atomic E-state index is 0.0999. The first kappa shape index (κ1) is 13.4. The summed E-state index contributed by atoms with van der Waals surface area (Å²) in [6, 6.07) is 2.06. The summed E-state index contributed by atoms with van der Waals surface area (Å²) in [7, 11) is 0. The Morgan fingerprint density at radius 3 is 2.76 bits per heavy atom. The van der Waals surface area contributed by atoms with Gasteiger partial charge < -0.3 is 15.0 Å². The number of aliphatic hydroxyl groups is 1. The molecule has 1 amide bonds. The molecule has 2 aliphatic carbocycles. The third kappa shape index (κ3) is 1.95. The van der Waals surface area contributed by atoms with Crippen LogP contribution >= 0.6 is 0 Å². The topological polar surface area (TPSA) is 56.3 Å². The van der Waals surface area contributed by atoms with Gasteiger partial charge in [0.1, 0.15) is 5.69 Å². The Morgan fingerprint density at radius 1 is 1.24 bits per heavy atom. The van der Waals surface area contributed by atoms with E-state index in [1.54, 1.807) is 0 Å². The summed E-state index contributed by atoms with van der Waals surface area (Å²) in [5, 5.41) is 10.4. The third-order valence-electron chi connectivity index (χ3n) is 5.84. The van der Waals surface area contributed by atoms with Crippen molar-refractivity contribution in [1.82, 2.24) is 9.88 Å². The molecule has 21 heavy (non-hydrogen) atoms. The van der Waals surface area contributed by atoms with Crippen LogP contribution in [0.1, 0.15) is 66.7 Å². The van der Waals surface area contributed by atoms with Crippen LogP contribution in [0.25, 0.3) is 0 Å². The SMILES string of the molecule is O=C(c1cc2c([nH]1)CCCC2)N1CCC(O)C12CCCC2. The van der Waals surface area contributed by atoms with Gasteiger partial charge in [-0.05, 0) is 56.6 Å². The summed E-state index contributed by atoms with van der Waals surface area (Å²) in [4.78, 5) is 18.3. The molecule has 2 heterocycles. The molecule has 2 fully saturated rings. The molecule has 1 aliphatic heterocycles. The number of likely N-dealkylation sites (tertiary alicyclic amines) is 1. The zero-order valence-corrected chi connectivity index (χ0v) is 12.5. The van der Waals surface area contributed by atoms with E-state index in [4.69, 9.17) is 0 Å². The molecule has 1 aromatic heterocycles. The fourth-order valence-corrected chi connectivity index (χ4v) is 4.68. The summed E-state index contributed by atoms with van der Waals surface area (Å²) in [6.07, 6.45) is 9.16. The van der Waals surface area contributed by atoms with Gasteiger partial charge in [0.25, 0.3) is 5.91 Å². The maximum Gasteiger partial charge on any atom is 0.270 e. The molecule has 1 spiro atoms. The number of nitrogens with zero attached hydrogens (tertiary/aromatic N) is 1. The maximum absolute atomic E-state index is 13.0. The Hall–Kier alpha value is -1.29. The van der Waals surface area contributed by atoms with Crippen molar-refractivity contribution in [2.24, 2.45) is 0 Å². The molecule has 1 atom stereocenters. The predicted octanol–water partition coefficient (Wildman–Crippen LogP) is 2.41. The molecule has 4 rings (SSSR count). The molecule has 1 saturated heterocycles. The average molecular weight is 288 g/mol. The van der Waals surface area contributed by atoms with Crippen LogP contribution in [0, 0.1) is 0 Å². The largest absolute Gasteiger partial charge is 0.391 e. The van der Waals surface area contributed by atoms with Crippen LogP contribution in [-0.2, 0) is 12.8 Å². The van der Waals surface area contributed by atoms with Gasteiger partial charge in [0, 0.05) is 12.2 Å². The number of H-pyrrole nitrogens is 1. The third-order valence-corrected chi connectivity index (χ3v) is 5.84. The van der Waals surface area contributed by atoms with Crippen molar-refractivity contribution in [3.8, 4) is 0 Å². The lowest BCUT2D eigenvalue weighted by Crippen LogP contribution is -2.50. The van der Waals surface area contributed by atoms with Crippen molar-refractivity contribution in [3.63, 3.8) is 0 Å². The minimum Gasteiger partial charge on any atom is -0.391 e. The van der Waals surface area contributed by atoms with E-state index in [-0.39, 0.29) is 17.6 Å². The second-order valence-corrected chi connectivity index (χ2v) is 6.97. The molecule has 0 aromatic carbocycles. The zero-order chi connectivity index (χ0) is 14.4. The Bertz CT molecular complexity index is 534. The standard InChI is InChI=1S/C17H24N2O2/c20-15-7-10-19(17(15)8-3-4-9-17)16(21)14-11-12-5-1-2-6-13(12)18-14/h11,15,18,20H,1-10H2. The van der Waals surface area contributed by atoms with Crippen LogP contribution in [0.4, 0.5) is 0 Å². The number of carbonyl (C=O) groups is 1. The molecule has 1 unspecified atom stereocenters. The van der Waals surface area contributed by atoms with Crippen LogP contribution in [0.2, 0.25) is 0 Å². The first-order chi connectivity index (χ1) is 10.2. The molecule has 3 aliphatic rings. The van der Waals surface area contributed by atoms with Gasteiger partial charge in [-0.3, -0.25) is 4.79 Å². The molecular formula is C17H24N2O2. The Balaban J connectivity index is 1.63. The van der Waals surface area contributed by atoms with E-state index in [0.717, 1.165) is 50.6 Å². The number of aromatic nitrogens is 1. The van der Waals surface area contributed by atoms with E-state index in [1.165, 1.54) is 24.1 Å². The number of rotatable bonds is 1. The highest BCUT2D eigenvalue weighted by Gasteiger charge is 2.51. The normalized spacial score (nSPS) is 27.3. The zero-order valence-electron chi connectivity index (χ0n) is 12.5. The molecular weight excluding hydrogens is 264 g/mol. The van der Waals surface area contributed by atoms with Gasteiger partial charge in [-0.15, -0.1) is 0 Å². The lowest BCUT2D eigenvalue weighted by atomic mass is 9.91. The van der Waals surface area contributed by atoms with Gasteiger partial charge in [0.05, 0.1) is 11.6 Å². The van der Waals surface area contributed by atoms with E-state index in [9.17, 15) is 9.90 Å². The molecule has 4 nitrogen and oxygen atoms in total. The Kier molecular flexibility index (Phi) is 3.10. The molecule has 114 valence electrons. The molecule has 0 bridgehead atoms. The second-order valence-electron chi connectivity index (χ2n) is 6.97. The molecule has 2 N–H and O–H groups in total. The highest BCUT2D eigenvalue weighted by Crippen LogP contribution is 2.44. The van der Waals surface area contributed by atoms with Gasteiger partial charge >= 0.3 is 0 Å². The summed E-state index contributed by atoms with van der Waals surface area (Å²) >= 11 is 0. The van der Waals surface area contributed by atoms with Crippen molar-refractivity contribution in [2.75, 3.05) is 6.54 Å². The van der Waals surface area contributed by atoms with Crippen molar-refractivity contribution in [3.05, 3.63) is 23.0 Å². The van der Waals surface area contributed by atoms with Crippen molar-refractivity contribution < 1.29 is 9.90 Å². The lowest BCUT2D eigenvalue weighted by Gasteiger charge is -2.37. The predicted molar refractivity (Wildman–Crippen MR) is 80.3 cm³/mol. The van der Waals surface area contributed by atoms with Gasteiger partial charge in [0.15, 0.2) is 0 Å². The summed E-state index contributed by atoms with van der Waals surface area (Å²) in [5.41, 5.74) is 3.04. The Morgan fingerprint density at radius 2 is 2.00 bits per heavy atom. The van der Waals surface area contributed by atoms with E-state index in [0.29, 0.717) is 6.54 Å². The first-order valence-corrected chi connectivity index (χ1v) is 8.41. The molecule has 4 heteroatoms. The van der Waals surface area contributed by atoms with Crippen molar-refractivity contribution in [2.45, 2.75) is 69.4 Å². The number of carbonyl (C=O) groups excluding carboxylic acids is 1. The summed E-state index contributed by atoms with van der Waals surface area (Å²) < 4.78 is 0. The van der Waals surface area contributed by atoms with Crippen LogP contribution in [-0.4, -0.2) is 39.1 Å². The van der Waals surface area contributed by atoms with Crippen LogP contribution < -0.4 is 0 Å². The number of aromatic amines is 1. The number of fused-ring (bicyclic) bond motifs is 1. The van der Waals surface area contributed by atoms with Crippen LogP contribution in [0.3, 0.4) is 0 Å². The summed E-state index contributed by atoms with van der Waals surface area (Å²) in [5.74, 6) is 0.0999. The number of aryl methyl sites for hydroxylation is 2. The highest BCUT2D eigenvalue weighted by molar-refractivity contribution is 5.93. The Labute approximate surface area is 125 Å². The quantitative estimate of drug-likeness (QED) is 0.834. The fraction of sp³-hybridized carbons (Fsp3) is 0.706. The van der Waals surface area contributed by atoms with Crippen LogP contribution in [0.5, 0.6) is 0 Å². The minimum atomic E-state index is -0.339. The lowest BCUT2D eigenvalue weighted by molar-refractivity contribution is 0.0257. The second kappa shape index (κ2) is 4.87. The fourth-order valence-electron chi connectivity index (χ4n) is 4.68. The van der Waals surface area contributed by atoms with Crippen molar-refractivity contribution in [1.29, 1.82) is 0 Å². The monoisotopic (exact) mass is 288 g/mol. The van der Waals surface area contributed by atoms with Gasteiger partial charge in [-0.2, -0.15) is 0 Å². The van der Waals surface area contributed by atoms with Crippen LogP contribution in [0.15, 0.2) is 6.07 Å². The number of amides is 1. The average Bonchev–Trinajstić information content (AvgIpc) is 3.20. The van der Waals surface area contributed by atoms with E-state index in [2.05, 4.69) is 11.1 Å².